The van der Waals surface area contributed by atoms with Crippen molar-refractivity contribution >= 4 is 17.5 Å². The number of rotatable bonds is 2. The first-order valence-electron chi connectivity index (χ1n) is 6.21. The molecule has 0 atom stereocenters. The summed E-state index contributed by atoms with van der Waals surface area (Å²) >= 11 is 5.76. The smallest absolute Gasteiger partial charge is 0.254 e. The van der Waals surface area contributed by atoms with E-state index in [1.807, 2.05) is 35.2 Å². The molecule has 3 rings (SSSR count). The maximum Gasteiger partial charge on any atom is 0.254 e. The van der Waals surface area contributed by atoms with Crippen molar-refractivity contribution in [3.63, 3.8) is 0 Å². The number of pyridine rings is 1. The molecule has 0 spiro atoms. The summed E-state index contributed by atoms with van der Waals surface area (Å²) < 4.78 is 0. The van der Waals surface area contributed by atoms with Crippen LogP contribution in [0, 0.1) is 0 Å². The van der Waals surface area contributed by atoms with E-state index in [4.69, 9.17) is 11.6 Å². The lowest BCUT2D eigenvalue weighted by Gasteiger charge is -2.28. The Morgan fingerprint density at radius 3 is 2.84 bits per heavy atom. The molecule has 0 unspecified atom stereocenters. The molecule has 2 aromatic rings. The van der Waals surface area contributed by atoms with Gasteiger partial charge in [0.15, 0.2) is 0 Å². The molecule has 1 aliphatic heterocycles. The second-order valence-corrected chi connectivity index (χ2v) is 5.01. The highest BCUT2D eigenvalue weighted by atomic mass is 35.5. The van der Waals surface area contributed by atoms with E-state index in [9.17, 15) is 4.79 Å². The van der Waals surface area contributed by atoms with Crippen LogP contribution in [0.4, 0.5) is 0 Å². The first kappa shape index (κ1) is 12.2. The number of halogens is 1. The summed E-state index contributed by atoms with van der Waals surface area (Å²) in [6.07, 6.45) is 2.62. The molecule has 1 aromatic heterocycles. The summed E-state index contributed by atoms with van der Waals surface area (Å²) in [6.45, 7) is 1.33. The van der Waals surface area contributed by atoms with Gasteiger partial charge in [-0.25, -0.2) is 4.98 Å². The Morgan fingerprint density at radius 2 is 2.05 bits per heavy atom. The van der Waals surface area contributed by atoms with E-state index in [1.165, 1.54) is 0 Å². The molecule has 1 aromatic carbocycles. The van der Waals surface area contributed by atoms with Crippen molar-refractivity contribution in [2.75, 3.05) is 6.54 Å². The molecule has 0 fully saturated rings. The molecule has 0 radical (unpaired) electrons. The van der Waals surface area contributed by atoms with E-state index in [1.54, 1.807) is 12.3 Å². The Labute approximate surface area is 116 Å². The highest BCUT2D eigenvalue weighted by Gasteiger charge is 2.23. The van der Waals surface area contributed by atoms with Gasteiger partial charge in [-0.1, -0.05) is 35.9 Å². The monoisotopic (exact) mass is 272 g/mol. The van der Waals surface area contributed by atoms with Crippen molar-refractivity contribution in [3.8, 4) is 0 Å². The number of carbonyl (C=O) groups excluding carboxylic acids is 1. The van der Waals surface area contributed by atoms with Gasteiger partial charge < -0.3 is 4.90 Å². The van der Waals surface area contributed by atoms with Crippen LogP contribution in [0.15, 0.2) is 42.6 Å². The maximum absolute atomic E-state index is 12.4. The van der Waals surface area contributed by atoms with E-state index >= 15 is 0 Å². The first-order valence-corrected chi connectivity index (χ1v) is 6.59. The molecular weight excluding hydrogens is 260 g/mol. The first-order chi connectivity index (χ1) is 9.24. The topological polar surface area (TPSA) is 33.2 Å². The van der Waals surface area contributed by atoms with Crippen LogP contribution in [-0.2, 0) is 13.0 Å². The van der Waals surface area contributed by atoms with Gasteiger partial charge in [0.1, 0.15) is 5.15 Å². The zero-order valence-electron chi connectivity index (χ0n) is 10.3. The summed E-state index contributed by atoms with van der Waals surface area (Å²) in [5.74, 6) is 0.0943. The number of hydrogen-bond acceptors (Lipinski definition) is 2. The molecule has 1 aliphatic rings. The molecule has 0 bridgehead atoms. The molecule has 1 amide bonds. The minimum Gasteiger partial charge on any atom is -0.334 e. The fourth-order valence-electron chi connectivity index (χ4n) is 2.35. The number of hydrogen-bond donors (Lipinski definition) is 0. The third-order valence-electron chi connectivity index (χ3n) is 3.35. The fourth-order valence-corrected chi connectivity index (χ4v) is 2.46. The third-order valence-corrected chi connectivity index (χ3v) is 3.57. The quantitative estimate of drug-likeness (QED) is 0.788. The highest BCUT2D eigenvalue weighted by molar-refractivity contribution is 6.29. The van der Waals surface area contributed by atoms with Gasteiger partial charge in [0, 0.05) is 24.8 Å². The molecular formula is C15H13ClN2O. The lowest BCUT2D eigenvalue weighted by Crippen LogP contribution is -2.36. The standard InChI is InChI=1S/C15H13ClN2O/c16-14-6-5-11(9-17-14)10-18-8-7-12-3-1-2-4-13(12)15(18)19/h1-6,9H,7-8,10H2. The Hall–Kier alpha value is -1.87. The number of amides is 1. The van der Waals surface area contributed by atoms with E-state index in [-0.39, 0.29) is 5.91 Å². The van der Waals surface area contributed by atoms with Crippen molar-refractivity contribution in [1.82, 2.24) is 9.88 Å². The van der Waals surface area contributed by atoms with Crippen molar-refractivity contribution in [3.05, 3.63) is 64.4 Å². The van der Waals surface area contributed by atoms with Gasteiger partial charge in [-0.3, -0.25) is 4.79 Å². The van der Waals surface area contributed by atoms with Crippen molar-refractivity contribution in [2.24, 2.45) is 0 Å². The maximum atomic E-state index is 12.4. The second-order valence-electron chi connectivity index (χ2n) is 4.62. The Bertz CT molecular complexity index is 610. The predicted molar refractivity (Wildman–Crippen MR) is 74.1 cm³/mol. The second kappa shape index (κ2) is 5.02. The normalized spacial score (nSPS) is 14.4. The average molecular weight is 273 g/mol. The number of nitrogens with zero attached hydrogens (tertiary/aromatic N) is 2. The van der Waals surface area contributed by atoms with Crippen molar-refractivity contribution in [1.29, 1.82) is 0 Å². The van der Waals surface area contributed by atoms with Gasteiger partial charge in [0.05, 0.1) is 0 Å². The van der Waals surface area contributed by atoms with Crippen LogP contribution >= 0.6 is 11.6 Å². The third kappa shape index (κ3) is 2.47. The predicted octanol–water partition coefficient (Wildman–Crippen LogP) is 2.93. The van der Waals surface area contributed by atoms with Crippen LogP contribution in [0.1, 0.15) is 21.5 Å². The summed E-state index contributed by atoms with van der Waals surface area (Å²) in [4.78, 5) is 18.3. The average Bonchev–Trinajstić information content (AvgIpc) is 2.45. The number of benzene rings is 1. The molecule has 0 aliphatic carbocycles. The van der Waals surface area contributed by atoms with Gasteiger partial charge in [-0.2, -0.15) is 0 Å². The lowest BCUT2D eigenvalue weighted by atomic mass is 9.99. The number of carbonyl (C=O) groups is 1. The van der Waals surface area contributed by atoms with Gasteiger partial charge in [0.2, 0.25) is 0 Å². The van der Waals surface area contributed by atoms with Crippen LogP contribution in [0.3, 0.4) is 0 Å². The zero-order chi connectivity index (χ0) is 13.2. The van der Waals surface area contributed by atoms with E-state index in [0.717, 1.165) is 29.7 Å². The minimum absolute atomic E-state index is 0.0943. The van der Waals surface area contributed by atoms with Crippen LogP contribution in [-0.4, -0.2) is 22.3 Å². The molecule has 0 N–H and O–H groups in total. The summed E-state index contributed by atoms with van der Waals surface area (Å²) in [7, 11) is 0. The SMILES string of the molecule is O=C1c2ccccc2CCN1Cc1ccc(Cl)nc1. The molecule has 4 heteroatoms. The molecule has 2 heterocycles. The van der Waals surface area contributed by atoms with Crippen LogP contribution in [0.2, 0.25) is 5.15 Å². The van der Waals surface area contributed by atoms with Gasteiger partial charge in [-0.15, -0.1) is 0 Å². The highest BCUT2D eigenvalue weighted by Crippen LogP contribution is 2.20. The van der Waals surface area contributed by atoms with Gasteiger partial charge in [-0.05, 0) is 29.7 Å². The molecule has 0 saturated carbocycles. The van der Waals surface area contributed by atoms with Gasteiger partial charge >= 0.3 is 0 Å². The molecule has 3 nitrogen and oxygen atoms in total. The number of fused-ring (bicyclic) bond motifs is 1. The summed E-state index contributed by atoms with van der Waals surface area (Å²) in [5.41, 5.74) is 2.95. The Kier molecular flexibility index (Phi) is 3.22. The summed E-state index contributed by atoms with van der Waals surface area (Å²) in [5, 5.41) is 0.471. The van der Waals surface area contributed by atoms with Crippen LogP contribution in [0.5, 0.6) is 0 Å². The van der Waals surface area contributed by atoms with Crippen molar-refractivity contribution < 1.29 is 4.79 Å². The lowest BCUT2D eigenvalue weighted by molar-refractivity contribution is 0.0727. The van der Waals surface area contributed by atoms with Crippen LogP contribution < -0.4 is 0 Å². The molecule has 0 saturated heterocycles. The zero-order valence-corrected chi connectivity index (χ0v) is 11.1. The number of aromatic nitrogens is 1. The Morgan fingerprint density at radius 1 is 1.21 bits per heavy atom. The minimum atomic E-state index is 0.0943. The van der Waals surface area contributed by atoms with Crippen LogP contribution in [0.25, 0.3) is 0 Å². The van der Waals surface area contributed by atoms with Crippen molar-refractivity contribution in [2.45, 2.75) is 13.0 Å². The molecule has 96 valence electrons. The van der Waals surface area contributed by atoms with E-state index < -0.39 is 0 Å². The van der Waals surface area contributed by atoms with E-state index in [2.05, 4.69) is 4.98 Å². The largest absolute Gasteiger partial charge is 0.334 e. The Balaban J connectivity index is 1.81. The fraction of sp³-hybridized carbons (Fsp3) is 0.200. The van der Waals surface area contributed by atoms with E-state index in [0.29, 0.717) is 11.7 Å². The summed E-state index contributed by atoms with van der Waals surface area (Å²) in [6, 6.07) is 11.5. The molecule has 19 heavy (non-hydrogen) atoms. The van der Waals surface area contributed by atoms with Gasteiger partial charge in [0.25, 0.3) is 5.91 Å².